The molecular formula is C15H22BrNO. The minimum absolute atomic E-state index is 0.0191. The highest BCUT2D eigenvalue weighted by Crippen LogP contribution is 2.21. The van der Waals surface area contributed by atoms with Crippen LogP contribution in [0, 0.1) is 12.3 Å². The molecule has 2 nitrogen and oxygen atoms in total. The number of aryl methyl sites for hydroxylation is 1. The second kappa shape index (κ2) is 6.93. The summed E-state index contributed by atoms with van der Waals surface area (Å²) in [7, 11) is 0. The lowest BCUT2D eigenvalue weighted by Crippen LogP contribution is -2.34. The van der Waals surface area contributed by atoms with E-state index in [4.69, 9.17) is 0 Å². The molecule has 100 valence electrons. The maximum atomic E-state index is 12.0. The van der Waals surface area contributed by atoms with E-state index >= 15 is 0 Å². The van der Waals surface area contributed by atoms with Crippen LogP contribution in [0.25, 0.3) is 0 Å². The molecule has 0 saturated carbocycles. The van der Waals surface area contributed by atoms with Gasteiger partial charge in [-0.3, -0.25) is 4.79 Å². The number of carbonyl (C=O) groups excluding carboxylic acids is 1. The lowest BCUT2D eigenvalue weighted by Gasteiger charge is -2.24. The standard InChI is InChI=1S/C15H22BrNO/c1-12-6-4-7-13(10-12)14(18)17-11-15(2,3)8-5-9-16/h4,6-7,10H,5,8-9,11H2,1-3H3,(H,17,18). The Balaban J connectivity index is 2.50. The smallest absolute Gasteiger partial charge is 0.251 e. The van der Waals surface area contributed by atoms with E-state index < -0.39 is 0 Å². The lowest BCUT2D eigenvalue weighted by atomic mass is 9.88. The first-order valence-electron chi connectivity index (χ1n) is 6.35. The van der Waals surface area contributed by atoms with Crippen molar-refractivity contribution in [3.8, 4) is 0 Å². The molecule has 1 N–H and O–H groups in total. The van der Waals surface area contributed by atoms with Crippen LogP contribution in [0.15, 0.2) is 24.3 Å². The zero-order valence-electron chi connectivity index (χ0n) is 11.4. The van der Waals surface area contributed by atoms with Gasteiger partial charge in [0.25, 0.3) is 5.91 Å². The fourth-order valence-electron chi connectivity index (χ4n) is 1.84. The van der Waals surface area contributed by atoms with Crippen LogP contribution in [0.2, 0.25) is 0 Å². The van der Waals surface area contributed by atoms with Crippen LogP contribution in [-0.4, -0.2) is 17.8 Å². The van der Waals surface area contributed by atoms with Gasteiger partial charge < -0.3 is 5.32 Å². The second-order valence-electron chi connectivity index (χ2n) is 5.51. The third kappa shape index (κ3) is 5.21. The fourth-order valence-corrected chi connectivity index (χ4v) is 2.12. The first-order valence-corrected chi connectivity index (χ1v) is 7.47. The topological polar surface area (TPSA) is 29.1 Å². The molecule has 1 aromatic carbocycles. The van der Waals surface area contributed by atoms with Gasteiger partial charge in [0.1, 0.15) is 0 Å². The Kier molecular flexibility index (Phi) is 5.86. The predicted molar refractivity (Wildman–Crippen MR) is 80.3 cm³/mol. The minimum Gasteiger partial charge on any atom is -0.352 e. The predicted octanol–water partition coefficient (Wildman–Crippen LogP) is 3.93. The minimum atomic E-state index is 0.0191. The molecular weight excluding hydrogens is 290 g/mol. The SMILES string of the molecule is Cc1cccc(C(=O)NCC(C)(C)CCCBr)c1. The van der Waals surface area contributed by atoms with Gasteiger partial charge in [0.05, 0.1) is 0 Å². The Morgan fingerprint density at radius 3 is 2.72 bits per heavy atom. The Bertz CT molecular complexity index is 401. The summed E-state index contributed by atoms with van der Waals surface area (Å²) < 4.78 is 0. The summed E-state index contributed by atoms with van der Waals surface area (Å²) in [6.45, 7) is 7.09. The van der Waals surface area contributed by atoms with Crippen LogP contribution in [0.5, 0.6) is 0 Å². The third-order valence-corrected chi connectivity index (χ3v) is 3.56. The highest BCUT2D eigenvalue weighted by molar-refractivity contribution is 9.09. The van der Waals surface area contributed by atoms with Gasteiger partial charge in [0, 0.05) is 17.4 Å². The molecule has 0 spiro atoms. The summed E-state index contributed by atoms with van der Waals surface area (Å²) in [5.41, 5.74) is 2.00. The molecule has 1 aromatic rings. The number of halogens is 1. The van der Waals surface area contributed by atoms with E-state index in [0.29, 0.717) is 6.54 Å². The van der Waals surface area contributed by atoms with Crippen molar-refractivity contribution in [1.29, 1.82) is 0 Å². The normalized spacial score (nSPS) is 11.3. The Morgan fingerprint density at radius 2 is 2.11 bits per heavy atom. The number of alkyl halides is 1. The van der Waals surface area contributed by atoms with Crippen molar-refractivity contribution >= 4 is 21.8 Å². The molecule has 0 aromatic heterocycles. The quantitative estimate of drug-likeness (QED) is 0.792. The Hall–Kier alpha value is -0.830. The molecule has 1 rings (SSSR count). The molecule has 0 unspecified atom stereocenters. The average molecular weight is 312 g/mol. The molecule has 0 atom stereocenters. The van der Waals surface area contributed by atoms with E-state index in [1.54, 1.807) is 0 Å². The maximum Gasteiger partial charge on any atom is 0.251 e. The van der Waals surface area contributed by atoms with Gasteiger partial charge in [-0.1, -0.05) is 47.5 Å². The Labute approximate surface area is 118 Å². The van der Waals surface area contributed by atoms with Crippen LogP contribution >= 0.6 is 15.9 Å². The van der Waals surface area contributed by atoms with Crippen molar-refractivity contribution in [3.05, 3.63) is 35.4 Å². The summed E-state index contributed by atoms with van der Waals surface area (Å²) in [6.07, 6.45) is 2.24. The van der Waals surface area contributed by atoms with E-state index in [9.17, 15) is 4.79 Å². The van der Waals surface area contributed by atoms with Crippen LogP contribution in [0.3, 0.4) is 0 Å². The van der Waals surface area contributed by atoms with Gasteiger partial charge in [0.15, 0.2) is 0 Å². The molecule has 0 aliphatic heterocycles. The van der Waals surface area contributed by atoms with Crippen molar-refractivity contribution < 1.29 is 4.79 Å². The molecule has 0 radical (unpaired) electrons. The lowest BCUT2D eigenvalue weighted by molar-refractivity contribution is 0.0934. The summed E-state index contributed by atoms with van der Waals surface area (Å²) >= 11 is 3.44. The largest absolute Gasteiger partial charge is 0.352 e. The van der Waals surface area contributed by atoms with Crippen molar-refractivity contribution in [2.45, 2.75) is 33.6 Å². The molecule has 18 heavy (non-hydrogen) atoms. The number of rotatable bonds is 6. The second-order valence-corrected chi connectivity index (χ2v) is 6.30. The number of hydrogen-bond acceptors (Lipinski definition) is 1. The van der Waals surface area contributed by atoms with E-state index in [1.807, 2.05) is 31.2 Å². The van der Waals surface area contributed by atoms with E-state index in [1.165, 1.54) is 0 Å². The summed E-state index contributed by atoms with van der Waals surface area (Å²) in [4.78, 5) is 12.0. The van der Waals surface area contributed by atoms with Crippen molar-refractivity contribution in [3.63, 3.8) is 0 Å². The van der Waals surface area contributed by atoms with Gasteiger partial charge in [-0.25, -0.2) is 0 Å². The average Bonchev–Trinajstić information content (AvgIpc) is 2.34. The highest BCUT2D eigenvalue weighted by Gasteiger charge is 2.18. The first-order chi connectivity index (χ1) is 8.44. The van der Waals surface area contributed by atoms with Gasteiger partial charge in [-0.2, -0.15) is 0 Å². The van der Waals surface area contributed by atoms with Crippen LogP contribution < -0.4 is 5.32 Å². The van der Waals surface area contributed by atoms with E-state index in [2.05, 4.69) is 35.1 Å². The zero-order valence-corrected chi connectivity index (χ0v) is 13.0. The number of nitrogens with one attached hydrogen (secondary N) is 1. The van der Waals surface area contributed by atoms with Crippen molar-refractivity contribution in [1.82, 2.24) is 5.32 Å². The summed E-state index contributed by atoms with van der Waals surface area (Å²) in [5.74, 6) is 0.0191. The molecule has 0 fully saturated rings. The van der Waals surface area contributed by atoms with Gasteiger partial charge in [0.2, 0.25) is 0 Å². The number of carbonyl (C=O) groups is 1. The van der Waals surface area contributed by atoms with Gasteiger partial charge in [-0.15, -0.1) is 0 Å². The zero-order chi connectivity index (χ0) is 13.6. The number of amides is 1. The molecule has 0 heterocycles. The van der Waals surface area contributed by atoms with Crippen LogP contribution in [0.4, 0.5) is 0 Å². The monoisotopic (exact) mass is 311 g/mol. The van der Waals surface area contributed by atoms with Gasteiger partial charge in [-0.05, 0) is 37.3 Å². The van der Waals surface area contributed by atoms with Gasteiger partial charge >= 0.3 is 0 Å². The summed E-state index contributed by atoms with van der Waals surface area (Å²) in [5, 5.41) is 4.04. The molecule has 3 heteroatoms. The molecule has 0 aliphatic carbocycles. The van der Waals surface area contributed by atoms with E-state index in [0.717, 1.165) is 29.3 Å². The van der Waals surface area contributed by atoms with E-state index in [-0.39, 0.29) is 11.3 Å². The molecule has 0 bridgehead atoms. The number of hydrogen-bond donors (Lipinski definition) is 1. The maximum absolute atomic E-state index is 12.0. The first kappa shape index (κ1) is 15.2. The highest BCUT2D eigenvalue weighted by atomic mass is 79.9. The van der Waals surface area contributed by atoms with Crippen LogP contribution in [-0.2, 0) is 0 Å². The fraction of sp³-hybridized carbons (Fsp3) is 0.533. The van der Waals surface area contributed by atoms with Crippen molar-refractivity contribution in [2.24, 2.45) is 5.41 Å². The van der Waals surface area contributed by atoms with Crippen LogP contribution in [0.1, 0.15) is 42.6 Å². The third-order valence-electron chi connectivity index (χ3n) is 2.99. The number of benzene rings is 1. The molecule has 0 saturated heterocycles. The van der Waals surface area contributed by atoms with Crippen molar-refractivity contribution in [2.75, 3.05) is 11.9 Å². The molecule has 0 aliphatic rings. The Morgan fingerprint density at radius 1 is 1.39 bits per heavy atom. The summed E-state index contributed by atoms with van der Waals surface area (Å²) in [6, 6.07) is 7.69. The molecule has 1 amide bonds.